The minimum Gasteiger partial charge on any atom is -0.350 e. The Morgan fingerprint density at radius 2 is 2.21 bits per heavy atom. The first kappa shape index (κ1) is 10.9. The van der Waals surface area contributed by atoms with Crippen molar-refractivity contribution in [2.75, 3.05) is 4.31 Å². The van der Waals surface area contributed by atoms with Gasteiger partial charge in [0.25, 0.3) is 0 Å². The van der Waals surface area contributed by atoms with Crippen molar-refractivity contribution >= 4 is 24.7 Å². The van der Waals surface area contributed by atoms with E-state index in [9.17, 15) is 4.79 Å². The van der Waals surface area contributed by atoms with Crippen molar-refractivity contribution in [1.82, 2.24) is 10.2 Å². The molecule has 1 rings (SSSR count). The Hall–Kier alpha value is -1.17. The second-order valence-electron chi connectivity index (χ2n) is 4.04. The molecule has 78 valence electrons. The third-order valence-corrected chi connectivity index (χ3v) is 2.20. The number of anilines is 1. The van der Waals surface area contributed by atoms with Gasteiger partial charge in [0.2, 0.25) is 0 Å². The van der Waals surface area contributed by atoms with Crippen molar-refractivity contribution in [3.63, 3.8) is 0 Å². The van der Waals surface area contributed by atoms with Gasteiger partial charge in [-0.1, -0.05) is 33.6 Å². The molecule has 0 spiro atoms. The number of rotatable bonds is 1. The highest BCUT2D eigenvalue weighted by Crippen LogP contribution is 2.24. The molecule has 5 nitrogen and oxygen atoms in total. The monoisotopic (exact) mass is 214 g/mol. The molecule has 6 heteroatoms. The number of nitrogens with zero attached hydrogens (tertiary/aromatic N) is 2. The average molecular weight is 214 g/mol. The first-order valence-corrected chi connectivity index (χ1v) is 4.56. The number of carbonyl (C=O) groups excluding carboxylic acids is 1. The summed E-state index contributed by atoms with van der Waals surface area (Å²) in [7, 11) is 0. The molecule has 0 atom stereocenters. The van der Waals surface area contributed by atoms with Gasteiger partial charge < -0.3 is 5.73 Å². The summed E-state index contributed by atoms with van der Waals surface area (Å²) in [4.78, 5) is 10.8. The van der Waals surface area contributed by atoms with E-state index in [1.807, 2.05) is 20.8 Å². The molecule has 0 saturated heterocycles. The highest BCUT2D eigenvalue weighted by Gasteiger charge is 2.19. The molecule has 0 aliphatic heterocycles. The molecular weight excluding hydrogens is 200 g/mol. The number of carbonyl (C=O) groups is 1. The maximum absolute atomic E-state index is 10.8. The lowest BCUT2D eigenvalue weighted by Gasteiger charge is -2.14. The molecule has 1 aromatic heterocycles. The van der Waals surface area contributed by atoms with Crippen molar-refractivity contribution < 1.29 is 4.79 Å². The second-order valence-corrected chi connectivity index (χ2v) is 4.44. The number of amides is 2. The molecule has 1 heterocycles. The predicted octanol–water partition coefficient (Wildman–Crippen LogP) is 1.44. The van der Waals surface area contributed by atoms with Crippen LogP contribution in [0.15, 0.2) is 6.07 Å². The number of aromatic amines is 1. The molecule has 3 N–H and O–H groups in total. The lowest BCUT2D eigenvalue weighted by Crippen LogP contribution is -2.27. The molecular formula is C8H14N4OS. The van der Waals surface area contributed by atoms with Gasteiger partial charge in [0.15, 0.2) is 5.82 Å². The zero-order chi connectivity index (χ0) is 10.9. The summed E-state index contributed by atoms with van der Waals surface area (Å²) >= 11 is 3.90. The van der Waals surface area contributed by atoms with Crippen LogP contribution < -0.4 is 10.0 Å². The van der Waals surface area contributed by atoms with Crippen LogP contribution in [0.4, 0.5) is 10.6 Å². The van der Waals surface area contributed by atoms with Crippen LogP contribution in [0.2, 0.25) is 0 Å². The van der Waals surface area contributed by atoms with Gasteiger partial charge in [0, 0.05) is 17.2 Å². The Kier molecular flexibility index (Phi) is 2.75. The number of nitrogens with two attached hydrogens (primary N) is 1. The molecule has 2 amide bonds. The highest BCUT2D eigenvalue weighted by atomic mass is 32.1. The van der Waals surface area contributed by atoms with Crippen molar-refractivity contribution in [3.8, 4) is 0 Å². The molecule has 0 fully saturated rings. The fourth-order valence-corrected chi connectivity index (χ4v) is 1.02. The first-order chi connectivity index (χ1) is 6.32. The van der Waals surface area contributed by atoms with E-state index in [0.717, 1.165) is 10.00 Å². The quantitative estimate of drug-likeness (QED) is 0.619. The number of H-pyrrole nitrogens is 1. The lowest BCUT2D eigenvalue weighted by molar-refractivity contribution is 0.257. The second kappa shape index (κ2) is 3.53. The van der Waals surface area contributed by atoms with Crippen molar-refractivity contribution in [1.29, 1.82) is 0 Å². The van der Waals surface area contributed by atoms with Gasteiger partial charge in [-0.3, -0.25) is 5.10 Å². The van der Waals surface area contributed by atoms with Gasteiger partial charge in [-0.05, 0) is 0 Å². The summed E-state index contributed by atoms with van der Waals surface area (Å²) in [6.45, 7) is 6.12. The van der Waals surface area contributed by atoms with E-state index in [1.54, 1.807) is 6.07 Å². The minimum absolute atomic E-state index is 0.0441. The number of hydrogen-bond donors (Lipinski definition) is 3. The van der Waals surface area contributed by atoms with E-state index >= 15 is 0 Å². The van der Waals surface area contributed by atoms with E-state index in [4.69, 9.17) is 5.73 Å². The van der Waals surface area contributed by atoms with Crippen LogP contribution in [0.3, 0.4) is 0 Å². The van der Waals surface area contributed by atoms with Crippen molar-refractivity contribution in [2.45, 2.75) is 26.2 Å². The summed E-state index contributed by atoms with van der Waals surface area (Å²) in [5, 5.41) is 6.76. The molecule has 0 aromatic carbocycles. The molecule has 0 bridgehead atoms. The van der Waals surface area contributed by atoms with Crippen molar-refractivity contribution in [2.24, 2.45) is 5.73 Å². The number of aromatic nitrogens is 2. The maximum atomic E-state index is 10.8. The Balaban J connectivity index is 2.94. The molecule has 0 unspecified atom stereocenters. The third-order valence-electron chi connectivity index (χ3n) is 1.80. The molecule has 0 radical (unpaired) electrons. The minimum atomic E-state index is -0.653. The Labute approximate surface area is 88.2 Å². The number of nitrogens with one attached hydrogen (secondary N) is 1. The largest absolute Gasteiger partial charge is 0.350 e. The summed E-state index contributed by atoms with van der Waals surface area (Å²) in [6, 6.07) is 1.10. The maximum Gasteiger partial charge on any atom is 0.330 e. The molecule has 1 aromatic rings. The van der Waals surface area contributed by atoms with E-state index in [-0.39, 0.29) is 5.41 Å². The predicted molar refractivity (Wildman–Crippen MR) is 58.3 cm³/mol. The topological polar surface area (TPSA) is 75.0 Å². The van der Waals surface area contributed by atoms with Gasteiger partial charge in [0.05, 0.1) is 0 Å². The SMILES string of the molecule is CC(C)(C)c1cc(N(S)C(N)=O)n[nH]1. The van der Waals surface area contributed by atoms with Crippen LogP contribution in [0.5, 0.6) is 0 Å². The van der Waals surface area contributed by atoms with Crippen LogP contribution in [-0.2, 0) is 5.41 Å². The number of thiol groups is 1. The standard InChI is InChI=1S/C8H14N4OS/c1-8(2,3)5-4-6(11-10-5)12(14)7(9)13/h4,14H,1-3H3,(H2,9,13)(H,10,11). The van der Waals surface area contributed by atoms with Crippen LogP contribution in [0.25, 0.3) is 0 Å². The van der Waals surface area contributed by atoms with E-state index < -0.39 is 6.03 Å². The Morgan fingerprint density at radius 1 is 1.64 bits per heavy atom. The summed E-state index contributed by atoms with van der Waals surface area (Å²) in [6.07, 6.45) is 0. The van der Waals surface area contributed by atoms with Crippen LogP contribution in [-0.4, -0.2) is 16.2 Å². The molecule has 0 aliphatic carbocycles. The summed E-state index contributed by atoms with van der Waals surface area (Å²) in [5.74, 6) is 0.408. The van der Waals surface area contributed by atoms with Gasteiger partial charge in [-0.25, -0.2) is 9.10 Å². The molecule has 0 saturated carbocycles. The number of primary amides is 1. The summed E-state index contributed by atoms with van der Waals surface area (Å²) in [5.41, 5.74) is 5.92. The molecule has 0 aliphatic rings. The summed E-state index contributed by atoms with van der Waals surface area (Å²) < 4.78 is 0.992. The molecule has 14 heavy (non-hydrogen) atoms. The van der Waals surface area contributed by atoms with Gasteiger partial charge in [-0.15, -0.1) is 0 Å². The van der Waals surface area contributed by atoms with Gasteiger partial charge in [0.1, 0.15) is 0 Å². The smallest absolute Gasteiger partial charge is 0.330 e. The number of urea groups is 1. The zero-order valence-electron chi connectivity index (χ0n) is 8.40. The Bertz CT molecular complexity index is 341. The lowest BCUT2D eigenvalue weighted by atomic mass is 9.92. The van der Waals surface area contributed by atoms with E-state index in [1.165, 1.54) is 0 Å². The average Bonchev–Trinajstić information content (AvgIpc) is 2.49. The van der Waals surface area contributed by atoms with E-state index in [0.29, 0.717) is 5.82 Å². The van der Waals surface area contributed by atoms with E-state index in [2.05, 4.69) is 23.0 Å². The fraction of sp³-hybridized carbons (Fsp3) is 0.500. The van der Waals surface area contributed by atoms with Crippen LogP contribution in [0.1, 0.15) is 26.5 Å². The van der Waals surface area contributed by atoms with Gasteiger partial charge in [-0.2, -0.15) is 5.10 Å². The van der Waals surface area contributed by atoms with Crippen molar-refractivity contribution in [3.05, 3.63) is 11.8 Å². The van der Waals surface area contributed by atoms with Crippen LogP contribution >= 0.6 is 12.8 Å². The number of hydrogen-bond acceptors (Lipinski definition) is 3. The van der Waals surface area contributed by atoms with Gasteiger partial charge >= 0.3 is 6.03 Å². The third kappa shape index (κ3) is 2.20. The highest BCUT2D eigenvalue weighted by molar-refractivity contribution is 7.82. The van der Waals surface area contributed by atoms with Crippen LogP contribution in [0, 0.1) is 0 Å². The Morgan fingerprint density at radius 3 is 2.57 bits per heavy atom. The first-order valence-electron chi connectivity index (χ1n) is 4.16. The fourth-order valence-electron chi connectivity index (χ4n) is 0.917. The zero-order valence-corrected chi connectivity index (χ0v) is 9.30. The normalized spacial score (nSPS) is 11.4.